The van der Waals surface area contributed by atoms with Crippen molar-refractivity contribution in [3.05, 3.63) is 30.9 Å². The van der Waals surface area contributed by atoms with E-state index in [0.29, 0.717) is 0 Å². The van der Waals surface area contributed by atoms with Gasteiger partial charge in [-0.1, -0.05) is 12.2 Å². The molecule has 1 aromatic rings. The van der Waals surface area contributed by atoms with Crippen LogP contribution in [0.25, 0.3) is 0 Å². The molecule has 1 aromatic heterocycles. The average molecular weight is 188 g/mol. The molecule has 14 heavy (non-hydrogen) atoms. The zero-order valence-corrected chi connectivity index (χ0v) is 8.34. The smallest absolute Gasteiger partial charge is 0.0946 e. The fourth-order valence-electron chi connectivity index (χ4n) is 2.93. The molecule has 0 spiro atoms. The van der Waals surface area contributed by atoms with Crippen LogP contribution in [0.3, 0.4) is 0 Å². The van der Waals surface area contributed by atoms with Crippen LogP contribution in [0.15, 0.2) is 30.9 Å². The first-order valence-corrected chi connectivity index (χ1v) is 5.56. The third-order valence-corrected chi connectivity index (χ3v) is 3.72. The maximum absolute atomic E-state index is 4.09. The zero-order valence-electron chi connectivity index (χ0n) is 8.34. The van der Waals surface area contributed by atoms with E-state index in [0.717, 1.165) is 24.3 Å². The molecule has 2 nitrogen and oxygen atoms in total. The standard InChI is InChI=1S/C12H16N2/c1-3-11-4-2-10(1)7-12(11)8-14-6-5-13-9-14/h1,3,5-6,9-12H,2,4,7-8H2. The first kappa shape index (κ1) is 8.27. The molecule has 1 saturated carbocycles. The molecule has 1 heterocycles. The largest absolute Gasteiger partial charge is 0.337 e. The van der Waals surface area contributed by atoms with Gasteiger partial charge in [0.2, 0.25) is 0 Å². The molecular formula is C12H16N2. The Hall–Kier alpha value is -1.05. The maximum atomic E-state index is 4.09. The van der Waals surface area contributed by atoms with Crippen molar-refractivity contribution in [3.8, 4) is 0 Å². The van der Waals surface area contributed by atoms with E-state index >= 15 is 0 Å². The summed E-state index contributed by atoms with van der Waals surface area (Å²) >= 11 is 0. The third kappa shape index (κ3) is 1.39. The molecule has 3 atom stereocenters. The lowest BCUT2D eigenvalue weighted by Gasteiger charge is -2.38. The number of fused-ring (bicyclic) bond motifs is 2. The second-order valence-corrected chi connectivity index (χ2v) is 4.64. The van der Waals surface area contributed by atoms with Gasteiger partial charge in [-0.25, -0.2) is 4.98 Å². The van der Waals surface area contributed by atoms with Crippen LogP contribution in [-0.4, -0.2) is 9.55 Å². The van der Waals surface area contributed by atoms with Crippen molar-refractivity contribution in [3.63, 3.8) is 0 Å². The summed E-state index contributed by atoms with van der Waals surface area (Å²) in [6.07, 6.45) is 15.0. The van der Waals surface area contributed by atoms with Gasteiger partial charge in [0.25, 0.3) is 0 Å². The first-order chi connectivity index (χ1) is 6.92. The maximum Gasteiger partial charge on any atom is 0.0946 e. The van der Waals surface area contributed by atoms with Crippen LogP contribution in [0.4, 0.5) is 0 Å². The molecule has 0 saturated heterocycles. The lowest BCUT2D eigenvalue weighted by atomic mass is 9.69. The van der Waals surface area contributed by atoms with Crippen LogP contribution in [-0.2, 0) is 6.54 Å². The number of rotatable bonds is 2. The lowest BCUT2D eigenvalue weighted by molar-refractivity contribution is 0.198. The van der Waals surface area contributed by atoms with Crippen molar-refractivity contribution < 1.29 is 0 Å². The van der Waals surface area contributed by atoms with Crippen LogP contribution in [0.2, 0.25) is 0 Å². The predicted octanol–water partition coefficient (Wildman–Crippen LogP) is 2.49. The highest BCUT2D eigenvalue weighted by Crippen LogP contribution is 2.40. The molecule has 0 N–H and O–H groups in total. The number of hydrogen-bond donors (Lipinski definition) is 0. The SMILES string of the molecule is C1=CC2CCC1CC2Cn1ccnc1. The summed E-state index contributed by atoms with van der Waals surface area (Å²) in [6.45, 7) is 1.16. The summed E-state index contributed by atoms with van der Waals surface area (Å²) in [4.78, 5) is 4.09. The van der Waals surface area contributed by atoms with Crippen LogP contribution in [0.5, 0.6) is 0 Å². The van der Waals surface area contributed by atoms with Crippen LogP contribution in [0, 0.1) is 17.8 Å². The molecule has 0 amide bonds. The molecule has 4 rings (SSSR count). The van der Waals surface area contributed by atoms with Gasteiger partial charge in [0.15, 0.2) is 0 Å². The van der Waals surface area contributed by atoms with E-state index in [1.54, 1.807) is 0 Å². The fraction of sp³-hybridized carbons (Fsp3) is 0.583. The number of aromatic nitrogens is 2. The summed E-state index contributed by atoms with van der Waals surface area (Å²) in [5.41, 5.74) is 0. The minimum Gasteiger partial charge on any atom is -0.337 e. The molecule has 74 valence electrons. The van der Waals surface area contributed by atoms with Gasteiger partial charge in [-0.15, -0.1) is 0 Å². The molecule has 3 aliphatic carbocycles. The van der Waals surface area contributed by atoms with E-state index in [4.69, 9.17) is 0 Å². The van der Waals surface area contributed by atoms with Gasteiger partial charge in [0.1, 0.15) is 0 Å². The molecule has 1 fully saturated rings. The fourth-order valence-corrected chi connectivity index (χ4v) is 2.93. The lowest BCUT2D eigenvalue weighted by Crippen LogP contribution is -2.29. The Morgan fingerprint density at radius 3 is 2.86 bits per heavy atom. The molecule has 0 radical (unpaired) electrons. The van der Waals surface area contributed by atoms with Crippen molar-refractivity contribution in [2.24, 2.45) is 17.8 Å². The number of hydrogen-bond acceptors (Lipinski definition) is 1. The van der Waals surface area contributed by atoms with Crippen molar-refractivity contribution in [2.45, 2.75) is 25.8 Å². The second-order valence-electron chi connectivity index (χ2n) is 4.64. The van der Waals surface area contributed by atoms with Crippen molar-refractivity contribution >= 4 is 0 Å². The molecule has 3 unspecified atom stereocenters. The van der Waals surface area contributed by atoms with E-state index in [1.807, 2.05) is 12.5 Å². The van der Waals surface area contributed by atoms with Crippen molar-refractivity contribution in [1.29, 1.82) is 0 Å². The summed E-state index contributed by atoms with van der Waals surface area (Å²) < 4.78 is 2.22. The molecule has 3 aliphatic rings. The average Bonchev–Trinajstić information content (AvgIpc) is 2.72. The number of allylic oxidation sites excluding steroid dienone is 2. The van der Waals surface area contributed by atoms with E-state index in [2.05, 4.69) is 27.9 Å². The highest BCUT2D eigenvalue weighted by atomic mass is 15.0. The highest BCUT2D eigenvalue weighted by molar-refractivity contribution is 5.06. The normalized spacial score (nSPS) is 35.0. The second kappa shape index (κ2) is 3.26. The monoisotopic (exact) mass is 188 g/mol. The quantitative estimate of drug-likeness (QED) is 0.652. The number of imidazole rings is 1. The van der Waals surface area contributed by atoms with Crippen molar-refractivity contribution in [2.75, 3.05) is 0 Å². The van der Waals surface area contributed by atoms with Gasteiger partial charge in [0, 0.05) is 18.9 Å². The van der Waals surface area contributed by atoms with Gasteiger partial charge < -0.3 is 4.57 Å². The molecule has 0 aliphatic heterocycles. The zero-order chi connectivity index (χ0) is 9.38. The van der Waals surface area contributed by atoms with Gasteiger partial charge >= 0.3 is 0 Å². The van der Waals surface area contributed by atoms with Gasteiger partial charge in [0.05, 0.1) is 6.33 Å². The Morgan fingerprint density at radius 1 is 1.29 bits per heavy atom. The van der Waals surface area contributed by atoms with E-state index < -0.39 is 0 Å². The number of nitrogens with zero attached hydrogens (tertiary/aromatic N) is 2. The van der Waals surface area contributed by atoms with Crippen LogP contribution < -0.4 is 0 Å². The Labute approximate surface area is 84.7 Å². The Kier molecular flexibility index (Phi) is 1.93. The van der Waals surface area contributed by atoms with E-state index in [1.165, 1.54) is 19.3 Å². The van der Waals surface area contributed by atoms with Gasteiger partial charge in [-0.05, 0) is 37.0 Å². The molecular weight excluding hydrogens is 172 g/mol. The Balaban J connectivity index is 1.72. The summed E-state index contributed by atoms with van der Waals surface area (Å²) in [5, 5.41) is 0. The summed E-state index contributed by atoms with van der Waals surface area (Å²) in [6, 6.07) is 0. The molecule has 2 heteroatoms. The van der Waals surface area contributed by atoms with Crippen LogP contribution >= 0.6 is 0 Å². The Morgan fingerprint density at radius 2 is 2.29 bits per heavy atom. The first-order valence-electron chi connectivity index (χ1n) is 5.56. The minimum absolute atomic E-state index is 0.836. The van der Waals surface area contributed by atoms with Crippen molar-refractivity contribution in [1.82, 2.24) is 9.55 Å². The van der Waals surface area contributed by atoms with Gasteiger partial charge in [-0.2, -0.15) is 0 Å². The summed E-state index contributed by atoms with van der Waals surface area (Å²) in [7, 11) is 0. The molecule has 2 bridgehead atoms. The van der Waals surface area contributed by atoms with Gasteiger partial charge in [-0.3, -0.25) is 0 Å². The van der Waals surface area contributed by atoms with E-state index in [-0.39, 0.29) is 0 Å². The topological polar surface area (TPSA) is 17.8 Å². The van der Waals surface area contributed by atoms with Crippen LogP contribution in [0.1, 0.15) is 19.3 Å². The summed E-state index contributed by atoms with van der Waals surface area (Å²) in [5.74, 6) is 2.56. The highest BCUT2D eigenvalue weighted by Gasteiger charge is 2.31. The molecule has 0 aromatic carbocycles. The van der Waals surface area contributed by atoms with E-state index in [9.17, 15) is 0 Å². The predicted molar refractivity (Wildman–Crippen MR) is 55.7 cm³/mol. The third-order valence-electron chi connectivity index (χ3n) is 3.72. The Bertz CT molecular complexity index is 326. The minimum atomic E-state index is 0.836.